The van der Waals surface area contributed by atoms with Gasteiger partial charge in [0.15, 0.2) is 6.10 Å². The van der Waals surface area contributed by atoms with Crippen LogP contribution in [0.15, 0.2) is 51.5 Å². The second-order valence-electron chi connectivity index (χ2n) is 4.75. The van der Waals surface area contributed by atoms with Crippen LogP contribution in [0.5, 0.6) is 0 Å². The normalized spacial score (nSPS) is 12.1. The third kappa shape index (κ3) is 2.76. The van der Waals surface area contributed by atoms with Gasteiger partial charge in [-0.3, -0.25) is 0 Å². The molecule has 0 saturated heterocycles. The first-order chi connectivity index (χ1) is 10.6. The van der Waals surface area contributed by atoms with Crippen molar-refractivity contribution >= 4 is 5.97 Å². The third-order valence-electron chi connectivity index (χ3n) is 3.17. The Morgan fingerprint density at radius 1 is 1.18 bits per heavy atom. The van der Waals surface area contributed by atoms with Crippen molar-refractivity contribution in [3.63, 3.8) is 0 Å². The van der Waals surface area contributed by atoms with Crippen molar-refractivity contribution in [3.8, 4) is 11.5 Å². The van der Waals surface area contributed by atoms with Gasteiger partial charge < -0.3 is 13.6 Å². The molecule has 112 valence electrons. The maximum atomic E-state index is 12.0. The number of aromatic nitrogens is 2. The number of hydrogen-bond acceptors (Lipinski definition) is 6. The number of esters is 1. The van der Waals surface area contributed by atoms with Crippen molar-refractivity contribution in [1.29, 1.82) is 0 Å². The summed E-state index contributed by atoms with van der Waals surface area (Å²) >= 11 is 0. The van der Waals surface area contributed by atoms with Crippen LogP contribution in [0.3, 0.4) is 0 Å². The summed E-state index contributed by atoms with van der Waals surface area (Å²) in [5.74, 6) is 0.650. The minimum Gasteiger partial charge on any atom is -0.469 e. The molecule has 2 heterocycles. The van der Waals surface area contributed by atoms with E-state index >= 15 is 0 Å². The van der Waals surface area contributed by atoms with Gasteiger partial charge >= 0.3 is 5.97 Å². The summed E-state index contributed by atoms with van der Waals surface area (Å²) in [6, 6.07) is 11.0. The third-order valence-corrected chi connectivity index (χ3v) is 3.17. The van der Waals surface area contributed by atoms with Crippen LogP contribution >= 0.6 is 0 Å². The van der Waals surface area contributed by atoms with E-state index in [-0.39, 0.29) is 5.89 Å². The summed E-state index contributed by atoms with van der Waals surface area (Å²) in [6.07, 6.45) is 0.795. The maximum Gasteiger partial charge on any atom is 0.342 e. The van der Waals surface area contributed by atoms with Gasteiger partial charge in [0.2, 0.25) is 5.89 Å². The molecular formula is C16H14N2O4. The average Bonchev–Trinajstić information content (AvgIpc) is 3.17. The number of carbonyl (C=O) groups is 1. The second kappa shape index (κ2) is 5.85. The van der Waals surface area contributed by atoms with E-state index in [1.54, 1.807) is 19.9 Å². The van der Waals surface area contributed by atoms with Gasteiger partial charge in [0.1, 0.15) is 11.3 Å². The van der Waals surface area contributed by atoms with E-state index in [4.69, 9.17) is 13.6 Å². The lowest BCUT2D eigenvalue weighted by Gasteiger charge is -2.08. The molecule has 0 radical (unpaired) electrons. The average molecular weight is 298 g/mol. The van der Waals surface area contributed by atoms with E-state index in [1.807, 2.05) is 30.3 Å². The number of nitrogens with zero attached hydrogens (tertiary/aromatic N) is 2. The molecule has 3 rings (SSSR count). The molecule has 6 nitrogen and oxygen atoms in total. The highest BCUT2D eigenvalue weighted by Gasteiger charge is 2.21. The quantitative estimate of drug-likeness (QED) is 0.685. The minimum absolute atomic E-state index is 0.244. The van der Waals surface area contributed by atoms with Crippen molar-refractivity contribution in [2.75, 3.05) is 0 Å². The zero-order valence-electron chi connectivity index (χ0n) is 12.1. The van der Waals surface area contributed by atoms with Crippen LogP contribution in [0.4, 0.5) is 0 Å². The molecule has 3 aromatic rings. The molecule has 6 heteroatoms. The van der Waals surface area contributed by atoms with Gasteiger partial charge in [-0.1, -0.05) is 18.2 Å². The summed E-state index contributed by atoms with van der Waals surface area (Å²) in [5, 5.41) is 7.90. The predicted molar refractivity (Wildman–Crippen MR) is 77.0 cm³/mol. The molecule has 0 aliphatic carbocycles. The number of benzene rings is 1. The summed E-state index contributed by atoms with van der Waals surface area (Å²) in [5.41, 5.74) is 1.19. The highest BCUT2D eigenvalue weighted by Crippen LogP contribution is 2.23. The number of furan rings is 1. The Balaban J connectivity index is 1.73. The van der Waals surface area contributed by atoms with Crippen molar-refractivity contribution in [2.45, 2.75) is 20.0 Å². The molecular weight excluding hydrogens is 284 g/mol. The zero-order chi connectivity index (χ0) is 15.5. The first-order valence-corrected chi connectivity index (χ1v) is 6.79. The number of hydrogen-bond donors (Lipinski definition) is 0. The Labute approximate surface area is 126 Å². The van der Waals surface area contributed by atoms with Crippen molar-refractivity contribution in [3.05, 3.63) is 59.9 Å². The maximum absolute atomic E-state index is 12.0. The molecule has 0 amide bonds. The first kappa shape index (κ1) is 14.1. The fourth-order valence-corrected chi connectivity index (χ4v) is 1.97. The lowest BCUT2D eigenvalue weighted by Crippen LogP contribution is -2.09. The minimum atomic E-state index is -0.647. The summed E-state index contributed by atoms with van der Waals surface area (Å²) in [4.78, 5) is 12.0. The Hall–Kier alpha value is -2.89. The van der Waals surface area contributed by atoms with Gasteiger partial charge in [0, 0.05) is 5.56 Å². The van der Waals surface area contributed by atoms with Crippen molar-refractivity contribution in [1.82, 2.24) is 10.2 Å². The molecule has 0 bridgehead atoms. The molecule has 22 heavy (non-hydrogen) atoms. The van der Waals surface area contributed by atoms with E-state index in [0.717, 1.165) is 5.56 Å². The first-order valence-electron chi connectivity index (χ1n) is 6.79. The van der Waals surface area contributed by atoms with Gasteiger partial charge in [-0.2, -0.15) is 0 Å². The topological polar surface area (TPSA) is 78.4 Å². The van der Waals surface area contributed by atoms with Gasteiger partial charge in [0.25, 0.3) is 5.89 Å². The van der Waals surface area contributed by atoms with E-state index in [9.17, 15) is 4.79 Å². The van der Waals surface area contributed by atoms with Gasteiger partial charge in [0.05, 0.1) is 6.26 Å². The van der Waals surface area contributed by atoms with Crippen LogP contribution in [-0.4, -0.2) is 16.2 Å². The van der Waals surface area contributed by atoms with Crippen LogP contribution in [-0.2, 0) is 4.74 Å². The molecule has 0 fully saturated rings. The van der Waals surface area contributed by atoms with Gasteiger partial charge in [-0.15, -0.1) is 10.2 Å². The van der Waals surface area contributed by atoms with Crippen LogP contribution in [0.2, 0.25) is 0 Å². The lowest BCUT2D eigenvalue weighted by molar-refractivity contribution is 0.0278. The van der Waals surface area contributed by atoms with Crippen molar-refractivity contribution in [2.24, 2.45) is 0 Å². The summed E-state index contributed by atoms with van der Waals surface area (Å²) < 4.78 is 16.0. The predicted octanol–water partition coefficient (Wildman–Crippen LogP) is 3.56. The van der Waals surface area contributed by atoms with E-state index in [0.29, 0.717) is 17.2 Å². The van der Waals surface area contributed by atoms with Crippen LogP contribution < -0.4 is 0 Å². The molecule has 2 aromatic heterocycles. The largest absolute Gasteiger partial charge is 0.469 e. The monoisotopic (exact) mass is 298 g/mol. The fraction of sp³-hybridized carbons (Fsp3) is 0.188. The molecule has 1 aromatic carbocycles. The van der Waals surface area contributed by atoms with E-state index in [1.165, 1.54) is 6.26 Å². The number of rotatable bonds is 4. The van der Waals surface area contributed by atoms with Crippen LogP contribution in [0.25, 0.3) is 11.5 Å². The molecule has 0 N–H and O–H groups in total. The second-order valence-corrected chi connectivity index (χ2v) is 4.75. The van der Waals surface area contributed by atoms with E-state index < -0.39 is 12.1 Å². The molecule has 0 unspecified atom stereocenters. The Bertz CT molecular complexity index is 776. The highest BCUT2D eigenvalue weighted by molar-refractivity contribution is 5.90. The smallest absolute Gasteiger partial charge is 0.342 e. The molecule has 0 spiro atoms. The Morgan fingerprint density at radius 3 is 2.64 bits per heavy atom. The fourth-order valence-electron chi connectivity index (χ4n) is 1.97. The zero-order valence-corrected chi connectivity index (χ0v) is 12.1. The molecule has 0 saturated carbocycles. The molecule has 0 aliphatic heterocycles. The van der Waals surface area contributed by atoms with Gasteiger partial charge in [-0.25, -0.2) is 4.79 Å². The Kier molecular flexibility index (Phi) is 3.74. The van der Waals surface area contributed by atoms with E-state index in [2.05, 4.69) is 10.2 Å². The summed E-state index contributed by atoms with van der Waals surface area (Å²) in [7, 11) is 0. The van der Waals surface area contributed by atoms with Crippen LogP contribution in [0.1, 0.15) is 35.0 Å². The van der Waals surface area contributed by atoms with Gasteiger partial charge in [-0.05, 0) is 32.0 Å². The molecule has 1 atom stereocenters. The number of ether oxygens (including phenoxy) is 1. The highest BCUT2D eigenvalue weighted by atomic mass is 16.6. The summed E-state index contributed by atoms with van der Waals surface area (Å²) in [6.45, 7) is 3.37. The van der Waals surface area contributed by atoms with Crippen LogP contribution in [0, 0.1) is 6.92 Å². The Morgan fingerprint density at radius 2 is 1.95 bits per heavy atom. The van der Waals surface area contributed by atoms with Crippen molar-refractivity contribution < 1.29 is 18.4 Å². The number of aryl methyl sites for hydroxylation is 1. The molecule has 0 aliphatic rings. The number of carbonyl (C=O) groups excluding carboxylic acids is 1. The lowest BCUT2D eigenvalue weighted by atomic mass is 10.2. The standard InChI is InChI=1S/C16H14N2O4/c1-10-13(8-9-20-10)16(19)21-11(2)14-17-18-15(22-14)12-6-4-3-5-7-12/h3-9,11H,1-2H3/t11-/m0/s1. The SMILES string of the molecule is Cc1occc1C(=O)O[C@@H](C)c1nnc(-c2ccccc2)o1.